The minimum atomic E-state index is -0.233. The Morgan fingerprint density at radius 3 is 0.967 bits per heavy atom. The van der Waals surface area contributed by atoms with E-state index in [0.29, 0.717) is 0 Å². The molecular weight excluding hydrogens is 765 g/mol. The molecule has 60 heavy (non-hydrogen) atoms. The monoisotopic (exact) mass is 804 g/mol. The van der Waals surface area contributed by atoms with Crippen LogP contribution < -0.4 is 9.80 Å². The van der Waals surface area contributed by atoms with E-state index in [1.165, 1.54) is 120 Å². The third-order valence-corrected chi connectivity index (χ3v) is 16.0. The summed E-state index contributed by atoms with van der Waals surface area (Å²) in [5, 5.41) is 5.17. The Balaban J connectivity index is 1.04. The molecule has 0 unspecified atom stereocenters. The van der Waals surface area contributed by atoms with E-state index in [2.05, 4.69) is 207 Å². The second-order valence-electron chi connectivity index (χ2n) is 17.7. The van der Waals surface area contributed by atoms with E-state index in [1.54, 1.807) is 0 Å². The molecule has 0 saturated heterocycles. The molecule has 0 spiro atoms. The lowest BCUT2D eigenvalue weighted by molar-refractivity contribution is 0.652. The van der Waals surface area contributed by atoms with Crippen molar-refractivity contribution in [2.45, 2.75) is 58.1 Å². The van der Waals surface area contributed by atoms with Crippen LogP contribution in [-0.4, -0.2) is 0 Å². The summed E-state index contributed by atoms with van der Waals surface area (Å²) in [4.78, 5) is 10.2. The first-order valence-electron chi connectivity index (χ1n) is 20.9. The van der Waals surface area contributed by atoms with Crippen LogP contribution in [0.5, 0.6) is 0 Å². The van der Waals surface area contributed by atoms with Crippen molar-refractivity contribution < 1.29 is 0 Å². The van der Waals surface area contributed by atoms with Crippen molar-refractivity contribution in [1.29, 1.82) is 0 Å². The molecule has 0 amide bonds. The Morgan fingerprint density at radius 1 is 0.317 bits per heavy atom. The van der Waals surface area contributed by atoms with Crippen molar-refractivity contribution in [3.05, 3.63) is 192 Å². The average molecular weight is 805 g/mol. The number of anilines is 6. The van der Waals surface area contributed by atoms with Gasteiger partial charge in [0.25, 0.3) is 0 Å². The van der Waals surface area contributed by atoms with E-state index in [-0.39, 0.29) is 10.8 Å². The van der Waals surface area contributed by atoms with Gasteiger partial charge in [-0.25, -0.2) is 0 Å². The van der Waals surface area contributed by atoms with Crippen molar-refractivity contribution >= 4 is 79.2 Å². The molecule has 9 aromatic carbocycles. The zero-order valence-corrected chi connectivity index (χ0v) is 35.5. The first-order valence-corrected chi connectivity index (χ1v) is 22.6. The highest BCUT2D eigenvalue weighted by Gasteiger charge is 2.44. The largest absolute Gasteiger partial charge is 0.308 e. The van der Waals surface area contributed by atoms with Gasteiger partial charge in [-0.05, 0) is 128 Å². The Hall–Kier alpha value is -6.20. The van der Waals surface area contributed by atoms with E-state index in [4.69, 9.17) is 0 Å². The average Bonchev–Trinajstić information content (AvgIpc) is 3.64. The van der Waals surface area contributed by atoms with Crippen molar-refractivity contribution in [1.82, 2.24) is 0 Å². The van der Waals surface area contributed by atoms with E-state index in [1.807, 2.05) is 23.5 Å². The summed E-state index contributed by atoms with van der Waals surface area (Å²) in [6.45, 7) is 9.79. The standard InChI is InChI=1S/C56H40N2S2/c1-55(2)39-29-38-40(30-37(39)53-35-19-7-5-17-33(35)47(31-41(53)55)57-43-21-9-13-25-49(43)59-50-26-14-10-22-44(50)57)56(3,4)42-32-48(34-18-6-8-20-36(34)54(38)42)58-45-23-11-15-27-51(45)60-52-28-16-12-24-46(52)58/h5-32H,1-4H3. The van der Waals surface area contributed by atoms with E-state index >= 15 is 0 Å². The minimum Gasteiger partial charge on any atom is -0.308 e. The zero-order valence-electron chi connectivity index (χ0n) is 33.9. The predicted octanol–water partition coefficient (Wildman–Crippen LogP) is 16.5. The van der Waals surface area contributed by atoms with Crippen LogP contribution in [0.15, 0.2) is 189 Å². The van der Waals surface area contributed by atoms with Crippen LogP contribution in [0.2, 0.25) is 0 Å². The van der Waals surface area contributed by atoms with Gasteiger partial charge in [-0.3, -0.25) is 0 Å². The van der Waals surface area contributed by atoms with Gasteiger partial charge >= 0.3 is 0 Å². The number of para-hydroxylation sites is 4. The van der Waals surface area contributed by atoms with Crippen LogP contribution in [0, 0.1) is 0 Å². The molecule has 4 heteroatoms. The maximum atomic E-state index is 2.59. The number of rotatable bonds is 2. The van der Waals surface area contributed by atoms with Gasteiger partial charge in [0.05, 0.1) is 34.1 Å². The summed E-state index contributed by atoms with van der Waals surface area (Å²) in [5.74, 6) is 0. The second-order valence-corrected chi connectivity index (χ2v) is 19.8. The third kappa shape index (κ3) is 4.53. The highest BCUT2D eigenvalue weighted by Crippen LogP contribution is 2.62. The van der Waals surface area contributed by atoms with Gasteiger partial charge in [-0.2, -0.15) is 0 Å². The van der Waals surface area contributed by atoms with Crippen LogP contribution >= 0.6 is 23.5 Å². The molecule has 0 saturated carbocycles. The maximum absolute atomic E-state index is 2.59. The van der Waals surface area contributed by atoms with Gasteiger partial charge in [0, 0.05) is 41.2 Å². The van der Waals surface area contributed by atoms with Crippen LogP contribution in [0.1, 0.15) is 49.9 Å². The van der Waals surface area contributed by atoms with Gasteiger partial charge in [0.15, 0.2) is 0 Å². The summed E-state index contributed by atoms with van der Waals surface area (Å²) in [6, 6.07) is 64.0. The van der Waals surface area contributed by atoms with Crippen molar-refractivity contribution in [3.63, 3.8) is 0 Å². The van der Waals surface area contributed by atoms with Crippen molar-refractivity contribution in [2.24, 2.45) is 0 Å². The van der Waals surface area contributed by atoms with Gasteiger partial charge in [0.1, 0.15) is 0 Å². The molecule has 0 N–H and O–H groups in total. The first-order chi connectivity index (χ1) is 29.3. The van der Waals surface area contributed by atoms with Crippen LogP contribution in [0.4, 0.5) is 34.1 Å². The summed E-state index contributed by atoms with van der Waals surface area (Å²) in [7, 11) is 0. The molecule has 0 bridgehead atoms. The highest BCUT2D eigenvalue weighted by atomic mass is 32.2. The van der Waals surface area contributed by atoms with E-state index in [9.17, 15) is 0 Å². The van der Waals surface area contributed by atoms with Crippen LogP contribution in [-0.2, 0) is 10.8 Å². The van der Waals surface area contributed by atoms with Gasteiger partial charge < -0.3 is 9.80 Å². The first kappa shape index (κ1) is 34.6. The molecule has 0 radical (unpaired) electrons. The predicted molar refractivity (Wildman–Crippen MR) is 254 cm³/mol. The summed E-state index contributed by atoms with van der Waals surface area (Å²) in [5.41, 5.74) is 18.0. The van der Waals surface area contributed by atoms with Gasteiger partial charge in [-0.1, -0.05) is 148 Å². The maximum Gasteiger partial charge on any atom is 0.0601 e. The topological polar surface area (TPSA) is 6.48 Å². The Labute approximate surface area is 359 Å². The van der Waals surface area contributed by atoms with Gasteiger partial charge in [0.2, 0.25) is 0 Å². The van der Waals surface area contributed by atoms with Crippen molar-refractivity contribution in [2.75, 3.05) is 9.80 Å². The smallest absolute Gasteiger partial charge is 0.0601 e. The molecule has 286 valence electrons. The number of nitrogens with zero attached hydrogens (tertiary/aromatic N) is 2. The summed E-state index contributed by atoms with van der Waals surface area (Å²) < 4.78 is 0. The van der Waals surface area contributed by atoms with E-state index in [0.717, 1.165) is 0 Å². The summed E-state index contributed by atoms with van der Waals surface area (Å²) >= 11 is 3.73. The zero-order chi connectivity index (χ0) is 40.1. The molecule has 4 aliphatic rings. The molecule has 0 aromatic heterocycles. The number of fused-ring (bicyclic) bond motifs is 14. The fourth-order valence-electron chi connectivity index (χ4n) is 10.9. The summed E-state index contributed by atoms with van der Waals surface area (Å²) in [6.07, 6.45) is 0. The van der Waals surface area contributed by atoms with Crippen LogP contribution in [0.3, 0.4) is 0 Å². The van der Waals surface area contributed by atoms with E-state index < -0.39 is 0 Å². The fourth-order valence-corrected chi connectivity index (χ4v) is 13.0. The van der Waals surface area contributed by atoms with Crippen LogP contribution in [0.25, 0.3) is 43.8 Å². The SMILES string of the molecule is CC1(C)c2cc3c(cc2-c2c1cc(N1c4ccccc4Sc4ccccc41)c1ccccc21)C(C)(C)c1cc(N2c4ccccc4Sc4ccccc42)c2ccccc2c1-3. The molecule has 2 aliphatic heterocycles. The van der Waals surface area contributed by atoms with Gasteiger partial charge in [-0.15, -0.1) is 0 Å². The third-order valence-electron chi connectivity index (χ3n) is 13.8. The molecule has 0 fully saturated rings. The minimum absolute atomic E-state index is 0.233. The molecule has 2 heterocycles. The lowest BCUT2D eigenvalue weighted by Crippen LogP contribution is -2.19. The van der Waals surface area contributed by atoms with Crippen molar-refractivity contribution in [3.8, 4) is 22.3 Å². The molecule has 2 nitrogen and oxygen atoms in total. The second kappa shape index (κ2) is 12.2. The lowest BCUT2D eigenvalue weighted by Gasteiger charge is -2.35. The normalized spacial score (nSPS) is 15.7. The molecule has 0 atom stereocenters. The fraction of sp³-hybridized carbons (Fsp3) is 0.107. The Kier molecular flexibility index (Phi) is 7.04. The number of hydrogen-bond acceptors (Lipinski definition) is 4. The Morgan fingerprint density at radius 2 is 0.617 bits per heavy atom. The highest BCUT2D eigenvalue weighted by molar-refractivity contribution is 8.00. The molecule has 9 aromatic rings. The lowest BCUT2D eigenvalue weighted by atomic mass is 9.79. The molecule has 13 rings (SSSR count). The number of benzene rings is 9. The quantitative estimate of drug-likeness (QED) is 0.172. The molecule has 2 aliphatic carbocycles. The number of hydrogen-bond donors (Lipinski definition) is 0. The Bertz CT molecular complexity index is 3040. The molecular formula is C56H40N2S2.